The van der Waals surface area contributed by atoms with Crippen LogP contribution in [0.2, 0.25) is 0 Å². The van der Waals surface area contributed by atoms with E-state index in [4.69, 9.17) is 5.11 Å². The Morgan fingerprint density at radius 3 is 2.71 bits per heavy atom. The van der Waals surface area contributed by atoms with E-state index in [0.29, 0.717) is 17.9 Å². The Morgan fingerprint density at radius 2 is 2.19 bits per heavy atom. The zero-order chi connectivity index (χ0) is 15.2. The minimum absolute atomic E-state index is 0.0693. The molecule has 0 unspecified atom stereocenters. The van der Waals surface area contributed by atoms with Crippen LogP contribution in [0.4, 0.5) is 0 Å². The lowest BCUT2D eigenvalue weighted by molar-refractivity contribution is -0.137. The summed E-state index contributed by atoms with van der Waals surface area (Å²) in [6.07, 6.45) is 6.44. The Labute approximate surface area is 121 Å². The maximum atomic E-state index is 12.3. The molecule has 0 saturated carbocycles. The van der Waals surface area contributed by atoms with Gasteiger partial charge >= 0.3 is 5.97 Å². The Morgan fingerprint density at radius 1 is 1.38 bits per heavy atom. The van der Waals surface area contributed by atoms with Crippen LogP contribution in [0.5, 0.6) is 0 Å². The number of carbonyl (C=O) groups excluding carboxylic acids is 1. The van der Waals surface area contributed by atoms with E-state index in [1.165, 1.54) is 11.1 Å². The van der Waals surface area contributed by atoms with Crippen LogP contribution in [0.3, 0.4) is 0 Å². The van der Waals surface area contributed by atoms with Crippen LogP contribution >= 0.6 is 0 Å². The number of aliphatic carboxylic acids is 1. The molecule has 0 bridgehead atoms. The number of hydrogen-bond acceptors (Lipinski definition) is 4. The van der Waals surface area contributed by atoms with Gasteiger partial charge in [0, 0.05) is 31.7 Å². The number of imidazole rings is 1. The smallest absolute Gasteiger partial charge is 0.305 e. The fourth-order valence-electron chi connectivity index (χ4n) is 1.88. The van der Waals surface area contributed by atoms with Crippen LogP contribution in [-0.4, -0.2) is 49.5 Å². The highest BCUT2D eigenvalue weighted by atomic mass is 16.4. The van der Waals surface area contributed by atoms with Crippen LogP contribution in [-0.2, 0) is 4.79 Å². The molecule has 7 nitrogen and oxygen atoms in total. The van der Waals surface area contributed by atoms with Crippen LogP contribution in [0.1, 0.15) is 23.7 Å². The maximum absolute atomic E-state index is 12.3. The number of rotatable bonds is 6. The third-order valence-corrected chi connectivity index (χ3v) is 3.03. The first-order chi connectivity index (χ1) is 10.1. The molecule has 7 heteroatoms. The van der Waals surface area contributed by atoms with E-state index >= 15 is 0 Å². The molecule has 2 aromatic heterocycles. The Kier molecular flexibility index (Phi) is 4.65. The van der Waals surface area contributed by atoms with Crippen molar-refractivity contribution in [3.63, 3.8) is 0 Å². The van der Waals surface area contributed by atoms with Crippen LogP contribution in [0.25, 0.3) is 5.82 Å². The summed E-state index contributed by atoms with van der Waals surface area (Å²) in [4.78, 5) is 32.5. The molecule has 1 amide bonds. The van der Waals surface area contributed by atoms with Gasteiger partial charge in [-0.25, -0.2) is 9.97 Å². The van der Waals surface area contributed by atoms with Gasteiger partial charge in [0.1, 0.15) is 12.1 Å². The van der Waals surface area contributed by atoms with E-state index in [9.17, 15) is 9.59 Å². The highest BCUT2D eigenvalue weighted by Crippen LogP contribution is 2.08. The second kappa shape index (κ2) is 6.65. The van der Waals surface area contributed by atoms with Crippen molar-refractivity contribution in [2.24, 2.45) is 0 Å². The van der Waals surface area contributed by atoms with Crippen molar-refractivity contribution in [2.75, 3.05) is 13.1 Å². The largest absolute Gasteiger partial charge is 0.481 e. The van der Waals surface area contributed by atoms with Gasteiger partial charge < -0.3 is 10.0 Å². The Bertz CT molecular complexity index is 608. The van der Waals surface area contributed by atoms with Crippen molar-refractivity contribution in [2.45, 2.75) is 13.3 Å². The molecule has 110 valence electrons. The average Bonchev–Trinajstić information content (AvgIpc) is 3.02. The topological polar surface area (TPSA) is 88.3 Å². The number of amides is 1. The number of carbonyl (C=O) groups is 2. The minimum atomic E-state index is -0.921. The third-order valence-electron chi connectivity index (χ3n) is 3.03. The van der Waals surface area contributed by atoms with Gasteiger partial charge in [0.05, 0.1) is 12.0 Å². The van der Waals surface area contributed by atoms with Gasteiger partial charge in [-0.1, -0.05) is 0 Å². The van der Waals surface area contributed by atoms with Crippen molar-refractivity contribution in [3.8, 4) is 5.82 Å². The van der Waals surface area contributed by atoms with Gasteiger partial charge in [-0.3, -0.25) is 14.2 Å². The highest BCUT2D eigenvalue weighted by molar-refractivity contribution is 5.94. The number of pyridine rings is 1. The molecule has 2 rings (SSSR count). The molecule has 0 atom stereocenters. The van der Waals surface area contributed by atoms with Gasteiger partial charge in [-0.2, -0.15) is 0 Å². The molecule has 0 radical (unpaired) electrons. The number of carboxylic acid groups (broad SMARTS) is 1. The average molecular weight is 288 g/mol. The Balaban J connectivity index is 2.09. The lowest BCUT2D eigenvalue weighted by Crippen LogP contribution is -2.32. The molecule has 1 N–H and O–H groups in total. The molecule has 0 aliphatic rings. The molecular formula is C14H16N4O3. The fourth-order valence-corrected chi connectivity index (χ4v) is 1.88. The molecule has 0 aromatic carbocycles. The second-order valence-electron chi connectivity index (χ2n) is 4.40. The zero-order valence-corrected chi connectivity index (χ0v) is 11.6. The molecule has 21 heavy (non-hydrogen) atoms. The van der Waals surface area contributed by atoms with Gasteiger partial charge in [-0.15, -0.1) is 0 Å². The van der Waals surface area contributed by atoms with Crippen LogP contribution in [0, 0.1) is 0 Å². The first-order valence-corrected chi connectivity index (χ1v) is 6.57. The normalized spacial score (nSPS) is 10.3. The molecule has 0 aliphatic heterocycles. The van der Waals surface area contributed by atoms with E-state index in [1.807, 2.05) is 6.92 Å². The number of nitrogens with zero attached hydrogens (tertiary/aromatic N) is 4. The SMILES string of the molecule is CCN(CCC(=O)O)C(=O)c1ccc(-n2ccnc2)nc1. The van der Waals surface area contributed by atoms with Crippen molar-refractivity contribution < 1.29 is 14.7 Å². The monoisotopic (exact) mass is 288 g/mol. The number of hydrogen-bond donors (Lipinski definition) is 1. The van der Waals surface area contributed by atoms with E-state index in [-0.39, 0.29) is 18.9 Å². The molecule has 0 spiro atoms. The third kappa shape index (κ3) is 3.65. The molecule has 0 saturated heterocycles. The Hall–Kier alpha value is -2.70. The lowest BCUT2D eigenvalue weighted by atomic mass is 10.2. The van der Waals surface area contributed by atoms with Crippen molar-refractivity contribution in [1.82, 2.24) is 19.4 Å². The summed E-state index contributed by atoms with van der Waals surface area (Å²) in [6.45, 7) is 2.45. The molecular weight excluding hydrogens is 272 g/mol. The van der Waals surface area contributed by atoms with Crippen molar-refractivity contribution in [3.05, 3.63) is 42.6 Å². The minimum Gasteiger partial charge on any atom is -0.481 e. The highest BCUT2D eigenvalue weighted by Gasteiger charge is 2.15. The summed E-state index contributed by atoms with van der Waals surface area (Å²) in [5.74, 6) is -0.476. The maximum Gasteiger partial charge on any atom is 0.305 e. The van der Waals surface area contributed by atoms with Crippen LogP contribution in [0.15, 0.2) is 37.1 Å². The quantitative estimate of drug-likeness (QED) is 0.863. The predicted molar refractivity (Wildman–Crippen MR) is 75.2 cm³/mol. The number of aromatic nitrogens is 3. The van der Waals surface area contributed by atoms with Crippen LogP contribution < -0.4 is 0 Å². The molecule has 0 aliphatic carbocycles. The van der Waals surface area contributed by atoms with E-state index < -0.39 is 5.97 Å². The second-order valence-corrected chi connectivity index (χ2v) is 4.40. The van der Waals surface area contributed by atoms with Crippen molar-refractivity contribution in [1.29, 1.82) is 0 Å². The predicted octanol–water partition coefficient (Wildman–Crippen LogP) is 1.20. The molecule has 2 heterocycles. The summed E-state index contributed by atoms with van der Waals surface area (Å²) >= 11 is 0. The molecule has 2 aromatic rings. The van der Waals surface area contributed by atoms with E-state index in [1.54, 1.807) is 35.4 Å². The lowest BCUT2D eigenvalue weighted by Gasteiger charge is -2.19. The van der Waals surface area contributed by atoms with Gasteiger partial charge in [0.15, 0.2) is 0 Å². The summed E-state index contributed by atoms with van der Waals surface area (Å²) in [6, 6.07) is 3.40. The first kappa shape index (κ1) is 14.7. The van der Waals surface area contributed by atoms with Gasteiger partial charge in [-0.05, 0) is 19.1 Å². The first-order valence-electron chi connectivity index (χ1n) is 6.57. The summed E-state index contributed by atoms with van der Waals surface area (Å²) < 4.78 is 1.73. The number of carboxylic acids is 1. The summed E-state index contributed by atoms with van der Waals surface area (Å²) in [5.41, 5.74) is 0.436. The van der Waals surface area contributed by atoms with Gasteiger partial charge in [0.2, 0.25) is 0 Å². The molecule has 0 fully saturated rings. The van der Waals surface area contributed by atoms with Gasteiger partial charge in [0.25, 0.3) is 5.91 Å². The van der Waals surface area contributed by atoms with Crippen molar-refractivity contribution >= 4 is 11.9 Å². The standard InChI is InChI=1S/C14H16N4O3/c1-2-17(7-5-13(19)20)14(21)11-3-4-12(16-9-11)18-8-6-15-10-18/h3-4,6,8-10H,2,5,7H2,1H3,(H,19,20). The fraction of sp³-hybridized carbons (Fsp3) is 0.286. The summed E-state index contributed by atoms with van der Waals surface area (Å²) in [5, 5.41) is 8.69. The van der Waals surface area contributed by atoms with E-state index in [2.05, 4.69) is 9.97 Å². The van der Waals surface area contributed by atoms with E-state index in [0.717, 1.165) is 0 Å². The summed E-state index contributed by atoms with van der Waals surface area (Å²) in [7, 11) is 0. The zero-order valence-electron chi connectivity index (χ0n) is 11.6.